The molecule has 1 aliphatic carbocycles. The van der Waals surface area contributed by atoms with Crippen molar-refractivity contribution in [2.75, 3.05) is 0 Å². The summed E-state index contributed by atoms with van der Waals surface area (Å²) < 4.78 is 18.3. The Hall–Kier alpha value is -4.53. The molecule has 1 N–H and O–H groups in total. The smallest absolute Gasteiger partial charge is 0.349 e. The van der Waals surface area contributed by atoms with E-state index in [4.69, 9.17) is 0 Å². The third kappa shape index (κ3) is 4.30. The molecule has 1 fully saturated rings. The predicted octanol–water partition coefficient (Wildman–Crippen LogP) is 3.72. The Bertz CT molecular complexity index is 1780. The maximum Gasteiger partial charge on any atom is 0.352 e. The largest absolute Gasteiger partial charge is 0.352 e. The number of rotatable bonds is 6. The zero-order valence-corrected chi connectivity index (χ0v) is 20.6. The van der Waals surface area contributed by atoms with Crippen molar-refractivity contribution in [2.24, 2.45) is 0 Å². The van der Waals surface area contributed by atoms with E-state index in [1.54, 1.807) is 36.4 Å². The Balaban J connectivity index is 1.54. The van der Waals surface area contributed by atoms with Crippen molar-refractivity contribution >= 4 is 22.6 Å². The van der Waals surface area contributed by atoms with E-state index in [9.17, 15) is 18.8 Å². The van der Waals surface area contributed by atoms with Crippen molar-refractivity contribution in [1.29, 1.82) is 0 Å². The number of carbonyl (C=O) groups excluding carboxylic acids is 1. The molecule has 192 valence electrons. The van der Waals surface area contributed by atoms with Crippen molar-refractivity contribution in [3.8, 4) is 0 Å². The molecule has 38 heavy (non-hydrogen) atoms. The summed E-state index contributed by atoms with van der Waals surface area (Å²) in [7, 11) is 0. The van der Waals surface area contributed by atoms with Crippen LogP contribution in [0.5, 0.6) is 0 Å². The van der Waals surface area contributed by atoms with Gasteiger partial charge in [0.2, 0.25) is 5.78 Å². The molecular formula is C29H26FN5O3. The quantitative estimate of drug-likeness (QED) is 0.376. The highest BCUT2D eigenvalue weighted by Gasteiger charge is 2.22. The zero-order valence-electron chi connectivity index (χ0n) is 20.6. The van der Waals surface area contributed by atoms with E-state index in [1.165, 1.54) is 15.0 Å². The van der Waals surface area contributed by atoms with Crippen LogP contribution in [0.25, 0.3) is 16.7 Å². The number of fused-ring (bicyclic) bond motifs is 3. The highest BCUT2D eigenvalue weighted by Crippen LogP contribution is 2.20. The third-order valence-corrected chi connectivity index (χ3v) is 7.19. The number of nitrogens with zero attached hydrogens (tertiary/aromatic N) is 4. The van der Waals surface area contributed by atoms with Crippen LogP contribution in [0.1, 0.15) is 47.2 Å². The first kappa shape index (κ1) is 23.8. The molecule has 0 aliphatic heterocycles. The van der Waals surface area contributed by atoms with Gasteiger partial charge in [-0.25, -0.2) is 18.3 Å². The van der Waals surface area contributed by atoms with E-state index < -0.39 is 11.5 Å². The van der Waals surface area contributed by atoms with E-state index in [0.717, 1.165) is 35.9 Å². The van der Waals surface area contributed by atoms with Crippen molar-refractivity contribution in [1.82, 2.24) is 24.1 Å². The van der Waals surface area contributed by atoms with Gasteiger partial charge in [-0.1, -0.05) is 61.4 Å². The van der Waals surface area contributed by atoms with E-state index in [0.29, 0.717) is 16.5 Å². The van der Waals surface area contributed by atoms with Gasteiger partial charge in [0, 0.05) is 17.2 Å². The standard InChI is InChI=1S/C29H26FN5O3/c30-24-13-7-4-10-21(24)18-34-29(38)35-25-16-20(26(36)31-22-11-5-6-12-22)14-15-23(25)27(37)33(28(35)32-34)17-19-8-2-1-3-9-19/h1-4,7-10,13-16,22H,5-6,11-12,17-18H2,(H,31,36). The van der Waals surface area contributed by atoms with Crippen LogP contribution in [-0.4, -0.2) is 30.7 Å². The molecule has 2 heterocycles. The monoisotopic (exact) mass is 511 g/mol. The van der Waals surface area contributed by atoms with Crippen molar-refractivity contribution in [2.45, 2.75) is 44.8 Å². The minimum absolute atomic E-state index is 0.101. The minimum Gasteiger partial charge on any atom is -0.349 e. The molecule has 9 heteroatoms. The SMILES string of the molecule is O=C(NC1CCCC1)c1ccc2c(=O)n(Cc3ccccc3)c3nn(Cc4ccccc4F)c(=O)n3c2c1. The molecule has 0 bridgehead atoms. The Labute approximate surface area is 217 Å². The summed E-state index contributed by atoms with van der Waals surface area (Å²) in [5.41, 5.74) is 0.957. The topological polar surface area (TPSA) is 90.4 Å². The van der Waals surface area contributed by atoms with Gasteiger partial charge in [-0.05, 0) is 42.7 Å². The van der Waals surface area contributed by atoms with Gasteiger partial charge in [-0.2, -0.15) is 0 Å². The third-order valence-electron chi connectivity index (χ3n) is 7.19. The van der Waals surface area contributed by atoms with Gasteiger partial charge in [0.1, 0.15) is 5.82 Å². The summed E-state index contributed by atoms with van der Waals surface area (Å²) in [5.74, 6) is -0.567. The summed E-state index contributed by atoms with van der Waals surface area (Å²) in [6, 6.07) is 20.5. The molecule has 5 aromatic rings. The van der Waals surface area contributed by atoms with E-state index in [-0.39, 0.29) is 41.9 Å². The molecule has 0 saturated heterocycles. The maximum atomic E-state index is 14.4. The van der Waals surface area contributed by atoms with E-state index >= 15 is 0 Å². The van der Waals surface area contributed by atoms with E-state index in [2.05, 4.69) is 10.4 Å². The number of aromatic nitrogens is 4. The molecule has 0 unspecified atom stereocenters. The summed E-state index contributed by atoms with van der Waals surface area (Å²) in [4.78, 5) is 40.3. The predicted molar refractivity (Wildman–Crippen MR) is 142 cm³/mol. The second kappa shape index (κ2) is 9.74. The fourth-order valence-electron chi connectivity index (χ4n) is 5.20. The fraction of sp³-hybridized carbons (Fsp3) is 0.241. The van der Waals surface area contributed by atoms with Crippen molar-refractivity contribution in [3.63, 3.8) is 0 Å². The van der Waals surface area contributed by atoms with Gasteiger partial charge in [-0.15, -0.1) is 5.10 Å². The molecule has 6 rings (SSSR count). The molecule has 1 aliphatic rings. The second-order valence-corrected chi connectivity index (χ2v) is 9.73. The molecule has 3 aromatic carbocycles. The second-order valence-electron chi connectivity index (χ2n) is 9.73. The van der Waals surface area contributed by atoms with Crippen LogP contribution in [0.15, 0.2) is 82.4 Å². The van der Waals surface area contributed by atoms with Gasteiger partial charge in [0.25, 0.3) is 11.5 Å². The first-order chi connectivity index (χ1) is 18.5. The lowest BCUT2D eigenvalue weighted by molar-refractivity contribution is 0.0938. The highest BCUT2D eigenvalue weighted by molar-refractivity contribution is 5.98. The van der Waals surface area contributed by atoms with Gasteiger partial charge >= 0.3 is 5.69 Å². The summed E-state index contributed by atoms with van der Waals surface area (Å²) >= 11 is 0. The van der Waals surface area contributed by atoms with Crippen LogP contribution in [0, 0.1) is 5.82 Å². The average Bonchev–Trinajstić information content (AvgIpc) is 3.56. The maximum absolute atomic E-state index is 14.4. The number of amides is 1. The average molecular weight is 512 g/mol. The van der Waals surface area contributed by atoms with Gasteiger partial charge in [0.05, 0.1) is 24.0 Å². The van der Waals surface area contributed by atoms with Crippen LogP contribution >= 0.6 is 0 Å². The number of halogens is 1. The molecule has 1 saturated carbocycles. The molecule has 0 radical (unpaired) electrons. The number of carbonyl (C=O) groups is 1. The Kier molecular flexibility index (Phi) is 6.11. The summed E-state index contributed by atoms with van der Waals surface area (Å²) in [6.45, 7) is 0.0925. The molecular weight excluding hydrogens is 485 g/mol. The van der Waals surface area contributed by atoms with Gasteiger partial charge < -0.3 is 5.32 Å². The van der Waals surface area contributed by atoms with Gasteiger partial charge in [0.15, 0.2) is 0 Å². The lowest BCUT2D eigenvalue weighted by Crippen LogP contribution is -2.33. The Morgan fingerprint density at radius 1 is 0.947 bits per heavy atom. The Morgan fingerprint density at radius 2 is 1.68 bits per heavy atom. The van der Waals surface area contributed by atoms with Crippen molar-refractivity contribution < 1.29 is 9.18 Å². The number of hydrogen-bond acceptors (Lipinski definition) is 4. The van der Waals surface area contributed by atoms with E-state index in [1.807, 2.05) is 30.3 Å². The van der Waals surface area contributed by atoms with Crippen LogP contribution in [-0.2, 0) is 13.1 Å². The number of benzene rings is 3. The normalized spacial score (nSPS) is 13.9. The molecule has 1 amide bonds. The lowest BCUT2D eigenvalue weighted by Gasteiger charge is -2.13. The molecule has 8 nitrogen and oxygen atoms in total. The first-order valence-corrected chi connectivity index (χ1v) is 12.7. The van der Waals surface area contributed by atoms with Crippen LogP contribution < -0.4 is 16.6 Å². The van der Waals surface area contributed by atoms with Gasteiger partial charge in [-0.3, -0.25) is 14.2 Å². The number of hydrogen-bond donors (Lipinski definition) is 1. The van der Waals surface area contributed by atoms with Crippen LogP contribution in [0.4, 0.5) is 4.39 Å². The zero-order chi connectivity index (χ0) is 26.2. The minimum atomic E-state index is -0.525. The summed E-state index contributed by atoms with van der Waals surface area (Å²) in [6.07, 6.45) is 4.05. The Morgan fingerprint density at radius 3 is 2.45 bits per heavy atom. The fourth-order valence-corrected chi connectivity index (χ4v) is 5.20. The molecule has 0 atom stereocenters. The lowest BCUT2D eigenvalue weighted by atomic mass is 10.1. The first-order valence-electron chi connectivity index (χ1n) is 12.7. The molecule has 0 spiro atoms. The van der Waals surface area contributed by atoms with Crippen molar-refractivity contribution in [3.05, 3.63) is 116 Å². The van der Waals surface area contributed by atoms with Crippen LogP contribution in [0.2, 0.25) is 0 Å². The summed E-state index contributed by atoms with van der Waals surface area (Å²) in [5, 5.41) is 7.82. The van der Waals surface area contributed by atoms with Crippen LogP contribution in [0.3, 0.4) is 0 Å². The highest BCUT2D eigenvalue weighted by atomic mass is 19.1. The molecule has 2 aromatic heterocycles. The number of nitrogens with one attached hydrogen (secondary N) is 1.